The van der Waals surface area contributed by atoms with Crippen molar-refractivity contribution in [2.75, 3.05) is 28.4 Å². The van der Waals surface area contributed by atoms with Crippen LogP contribution in [0.4, 0.5) is 0 Å². The minimum Gasteiger partial charge on any atom is -0.497 e. The number of hydrogen-bond acceptors (Lipinski definition) is 5. The summed E-state index contributed by atoms with van der Waals surface area (Å²) in [6.45, 7) is 2.02. The molecule has 0 bridgehead atoms. The van der Waals surface area contributed by atoms with Crippen molar-refractivity contribution in [1.82, 2.24) is 4.98 Å². The van der Waals surface area contributed by atoms with Gasteiger partial charge in [-0.2, -0.15) is 0 Å². The highest BCUT2D eigenvalue weighted by Gasteiger charge is 2.42. The third kappa shape index (κ3) is 5.47. The fourth-order valence-electron chi connectivity index (χ4n) is 2.04. The lowest BCUT2D eigenvalue weighted by Gasteiger charge is -2.24. The summed E-state index contributed by atoms with van der Waals surface area (Å²) in [4.78, 5) is 15.3. The van der Waals surface area contributed by atoms with Gasteiger partial charge in [-0.1, -0.05) is 25.5 Å². The molecule has 1 aromatic rings. The maximum absolute atomic E-state index is 12.5. The molecule has 23 heavy (non-hydrogen) atoms. The highest BCUT2D eigenvalue weighted by atomic mass is 28.4. The Morgan fingerprint density at radius 2 is 1.65 bits per heavy atom. The molecule has 0 fully saturated rings. The summed E-state index contributed by atoms with van der Waals surface area (Å²) in [7, 11) is 2.80. The fraction of sp³-hybridized carbons (Fsp3) is 0.438. The van der Waals surface area contributed by atoms with Crippen LogP contribution in [0.25, 0.3) is 6.08 Å². The molecule has 0 aliphatic carbocycles. The van der Waals surface area contributed by atoms with E-state index in [9.17, 15) is 4.79 Å². The van der Waals surface area contributed by atoms with Crippen molar-refractivity contribution in [3.8, 4) is 5.75 Å². The van der Waals surface area contributed by atoms with Crippen molar-refractivity contribution in [3.63, 3.8) is 0 Å². The molecule has 1 rings (SSSR count). The van der Waals surface area contributed by atoms with E-state index in [2.05, 4.69) is 4.98 Å². The Labute approximate surface area is 138 Å². The standard InChI is InChI=1S/C16H25NO5Si/c1-6-7-14(12-13-8-10-15(19-2)11-9-13)16(18)17-23(20-3,21-4)22-5/h8-12H,6-7H2,1-5H3,(H,17,18). The number of benzene rings is 1. The summed E-state index contributed by atoms with van der Waals surface area (Å²) in [5.41, 5.74) is 1.56. The minimum atomic E-state index is -3.16. The lowest BCUT2D eigenvalue weighted by atomic mass is 10.1. The maximum Gasteiger partial charge on any atom is 0.632 e. The van der Waals surface area contributed by atoms with Gasteiger partial charge in [-0.15, -0.1) is 0 Å². The molecular weight excluding hydrogens is 314 g/mol. The monoisotopic (exact) mass is 339 g/mol. The molecule has 1 aromatic carbocycles. The van der Waals surface area contributed by atoms with E-state index in [1.807, 2.05) is 37.3 Å². The Hall–Kier alpha value is -1.67. The quantitative estimate of drug-likeness (QED) is 0.553. The van der Waals surface area contributed by atoms with Gasteiger partial charge in [0.05, 0.1) is 7.11 Å². The van der Waals surface area contributed by atoms with Crippen LogP contribution in [0.15, 0.2) is 29.8 Å². The third-order valence-corrected chi connectivity index (χ3v) is 5.49. The van der Waals surface area contributed by atoms with Crippen LogP contribution in [0.5, 0.6) is 5.75 Å². The molecule has 1 N–H and O–H groups in total. The first kappa shape index (κ1) is 19.4. The largest absolute Gasteiger partial charge is 0.632 e. The molecule has 6 nitrogen and oxygen atoms in total. The molecule has 0 atom stereocenters. The molecule has 0 aliphatic heterocycles. The average molecular weight is 339 g/mol. The van der Waals surface area contributed by atoms with Crippen LogP contribution in [-0.4, -0.2) is 43.3 Å². The van der Waals surface area contributed by atoms with E-state index in [-0.39, 0.29) is 5.91 Å². The van der Waals surface area contributed by atoms with E-state index in [1.54, 1.807) is 7.11 Å². The molecule has 1 amide bonds. The van der Waals surface area contributed by atoms with Crippen LogP contribution in [0.2, 0.25) is 0 Å². The second-order valence-electron chi connectivity index (χ2n) is 4.82. The Bertz CT molecular complexity index is 518. The number of rotatable bonds is 9. The molecule has 0 aliphatic rings. The van der Waals surface area contributed by atoms with E-state index < -0.39 is 8.97 Å². The van der Waals surface area contributed by atoms with Crippen molar-refractivity contribution < 1.29 is 22.8 Å². The van der Waals surface area contributed by atoms with Crippen LogP contribution in [0, 0.1) is 0 Å². The van der Waals surface area contributed by atoms with Gasteiger partial charge in [0.1, 0.15) is 5.75 Å². The van der Waals surface area contributed by atoms with Crippen molar-refractivity contribution >= 4 is 20.9 Å². The zero-order valence-corrected chi connectivity index (χ0v) is 15.3. The number of ether oxygens (including phenoxy) is 1. The fourth-order valence-corrected chi connectivity index (χ4v) is 3.29. The van der Waals surface area contributed by atoms with E-state index in [0.717, 1.165) is 17.7 Å². The van der Waals surface area contributed by atoms with Gasteiger partial charge in [0.15, 0.2) is 0 Å². The Morgan fingerprint density at radius 3 is 2.09 bits per heavy atom. The smallest absolute Gasteiger partial charge is 0.497 e. The molecule has 0 saturated heterocycles. The van der Waals surface area contributed by atoms with Gasteiger partial charge in [-0.05, 0) is 30.2 Å². The van der Waals surface area contributed by atoms with Gasteiger partial charge in [0, 0.05) is 26.9 Å². The van der Waals surface area contributed by atoms with Gasteiger partial charge in [-0.3, -0.25) is 4.79 Å². The number of amides is 1. The zero-order valence-electron chi connectivity index (χ0n) is 14.3. The third-order valence-electron chi connectivity index (χ3n) is 3.34. The second-order valence-corrected chi connectivity index (χ2v) is 7.40. The normalized spacial score (nSPS) is 12.1. The predicted octanol–water partition coefficient (Wildman–Crippen LogP) is 2.37. The molecule has 7 heteroatoms. The first-order chi connectivity index (χ1) is 11.0. The summed E-state index contributed by atoms with van der Waals surface area (Å²) < 4.78 is 20.8. The number of hydrogen-bond donors (Lipinski definition) is 1. The first-order valence-electron chi connectivity index (χ1n) is 7.36. The van der Waals surface area contributed by atoms with Gasteiger partial charge in [-0.25, -0.2) is 0 Å². The van der Waals surface area contributed by atoms with Crippen LogP contribution in [-0.2, 0) is 18.1 Å². The molecular formula is C16H25NO5Si. The Morgan fingerprint density at radius 1 is 1.09 bits per heavy atom. The van der Waals surface area contributed by atoms with Gasteiger partial charge in [0.25, 0.3) is 0 Å². The molecule has 128 valence electrons. The van der Waals surface area contributed by atoms with Gasteiger partial charge in [0.2, 0.25) is 5.91 Å². The number of carbonyl (C=O) groups excluding carboxylic acids is 1. The summed E-state index contributed by atoms with van der Waals surface area (Å²) >= 11 is 0. The zero-order chi connectivity index (χ0) is 17.3. The van der Waals surface area contributed by atoms with E-state index in [1.165, 1.54) is 21.3 Å². The van der Waals surface area contributed by atoms with Crippen LogP contribution >= 0.6 is 0 Å². The number of methoxy groups -OCH3 is 1. The highest BCUT2D eigenvalue weighted by molar-refractivity contribution is 6.61. The van der Waals surface area contributed by atoms with Crippen LogP contribution < -0.4 is 9.72 Å². The average Bonchev–Trinajstić information content (AvgIpc) is 2.60. The first-order valence-corrected chi connectivity index (χ1v) is 9.09. The van der Waals surface area contributed by atoms with Crippen LogP contribution in [0.3, 0.4) is 0 Å². The number of nitrogens with one attached hydrogen (secondary N) is 1. The van der Waals surface area contributed by atoms with Crippen molar-refractivity contribution in [2.24, 2.45) is 0 Å². The molecule has 0 saturated carbocycles. The molecule has 0 spiro atoms. The lowest BCUT2D eigenvalue weighted by molar-refractivity contribution is -0.117. The van der Waals surface area contributed by atoms with E-state index >= 15 is 0 Å². The summed E-state index contributed by atoms with van der Waals surface area (Å²) in [5.74, 6) is 0.521. The van der Waals surface area contributed by atoms with Gasteiger partial charge >= 0.3 is 8.97 Å². The summed E-state index contributed by atoms with van der Waals surface area (Å²) in [6.07, 6.45) is 3.33. The molecule has 0 unspecified atom stereocenters. The molecule has 0 radical (unpaired) electrons. The van der Waals surface area contributed by atoms with Crippen LogP contribution in [0.1, 0.15) is 25.3 Å². The van der Waals surface area contributed by atoms with Crippen molar-refractivity contribution in [3.05, 3.63) is 35.4 Å². The van der Waals surface area contributed by atoms with E-state index in [0.29, 0.717) is 12.0 Å². The summed E-state index contributed by atoms with van der Waals surface area (Å²) in [5, 5.41) is 0. The maximum atomic E-state index is 12.5. The van der Waals surface area contributed by atoms with Gasteiger partial charge < -0.3 is 23.0 Å². The van der Waals surface area contributed by atoms with Crippen molar-refractivity contribution in [1.29, 1.82) is 0 Å². The number of carbonyl (C=O) groups is 1. The van der Waals surface area contributed by atoms with Crippen molar-refractivity contribution in [2.45, 2.75) is 19.8 Å². The van der Waals surface area contributed by atoms with E-state index in [4.69, 9.17) is 18.0 Å². The SMILES string of the molecule is CCCC(=Cc1ccc(OC)cc1)C(=O)N[Si](OC)(OC)OC. The topological polar surface area (TPSA) is 66.0 Å². The summed E-state index contributed by atoms with van der Waals surface area (Å²) in [6, 6.07) is 7.50. The molecule has 0 aromatic heterocycles. The second kappa shape index (κ2) is 9.46. The Balaban J connectivity index is 2.99. The minimum absolute atomic E-state index is 0.250. The lowest BCUT2D eigenvalue weighted by Crippen LogP contribution is -2.59. The Kier molecular flexibility index (Phi) is 7.97. The molecule has 0 heterocycles. The predicted molar refractivity (Wildman–Crippen MR) is 90.8 cm³/mol. The highest BCUT2D eigenvalue weighted by Crippen LogP contribution is 2.17.